The lowest BCUT2D eigenvalue weighted by atomic mass is 10.1. The molecule has 29 heavy (non-hydrogen) atoms. The first-order valence-electron chi connectivity index (χ1n) is 9.64. The molecule has 0 unspecified atom stereocenters. The zero-order valence-electron chi connectivity index (χ0n) is 16.6. The molecule has 1 aromatic carbocycles. The monoisotopic (exact) mass is 428 g/mol. The predicted octanol–water partition coefficient (Wildman–Crippen LogP) is 4.00. The smallest absolute Gasteiger partial charge is 0.253 e. The second-order valence-electron chi connectivity index (χ2n) is 7.24. The van der Waals surface area contributed by atoms with Crippen molar-refractivity contribution in [2.75, 3.05) is 26.2 Å². The van der Waals surface area contributed by atoms with Gasteiger partial charge in [-0.15, -0.1) is 11.3 Å². The Bertz CT molecular complexity index is 959. The van der Waals surface area contributed by atoms with Gasteiger partial charge < -0.3 is 9.42 Å². The van der Waals surface area contributed by atoms with E-state index in [0.29, 0.717) is 0 Å². The molecule has 2 aromatic heterocycles. The van der Waals surface area contributed by atoms with Crippen LogP contribution in [0.25, 0.3) is 0 Å². The summed E-state index contributed by atoms with van der Waals surface area (Å²) in [7, 11) is 0. The number of rotatable bonds is 6. The summed E-state index contributed by atoms with van der Waals surface area (Å²) >= 11 is 3.41. The number of carbonyl (C=O) groups excluding carboxylic acids is 1. The van der Waals surface area contributed by atoms with Gasteiger partial charge in [0.25, 0.3) is 5.91 Å². The van der Waals surface area contributed by atoms with Crippen LogP contribution in [-0.2, 0) is 12.3 Å². The fourth-order valence-corrected chi connectivity index (χ4v) is 5.10. The zero-order chi connectivity index (χ0) is 20.2. The first kappa shape index (κ1) is 20.1. The molecule has 0 aliphatic carbocycles. The Morgan fingerprint density at radius 2 is 1.90 bits per heavy atom. The average molecular weight is 429 g/mol. The molecule has 1 amide bonds. The van der Waals surface area contributed by atoms with E-state index in [1.165, 1.54) is 5.56 Å². The van der Waals surface area contributed by atoms with Gasteiger partial charge in [-0.3, -0.25) is 9.69 Å². The number of hydrogen-bond acceptors (Lipinski definition) is 7. The lowest BCUT2D eigenvalue weighted by Crippen LogP contribution is -2.48. The highest BCUT2D eigenvalue weighted by Gasteiger charge is 2.23. The summed E-state index contributed by atoms with van der Waals surface area (Å²) in [6.07, 6.45) is 0. The van der Waals surface area contributed by atoms with Gasteiger partial charge in [0.1, 0.15) is 4.34 Å². The predicted molar refractivity (Wildman–Crippen MR) is 115 cm³/mol. The Labute approximate surface area is 178 Å². The fraction of sp³-hybridized carbons (Fsp3) is 0.381. The summed E-state index contributed by atoms with van der Waals surface area (Å²) in [5.41, 5.74) is 3.92. The van der Waals surface area contributed by atoms with Gasteiger partial charge in [-0.05, 0) is 31.5 Å². The molecule has 1 saturated heterocycles. The van der Waals surface area contributed by atoms with Crippen LogP contribution in [0.2, 0.25) is 0 Å². The number of aromatic nitrogens is 2. The lowest BCUT2D eigenvalue weighted by Gasteiger charge is -2.34. The van der Waals surface area contributed by atoms with Crippen LogP contribution in [0, 0.1) is 13.8 Å². The van der Waals surface area contributed by atoms with Crippen molar-refractivity contribution in [2.24, 2.45) is 0 Å². The maximum absolute atomic E-state index is 12.8. The molecule has 1 aliphatic heterocycles. The van der Waals surface area contributed by atoms with Crippen molar-refractivity contribution in [1.29, 1.82) is 0 Å². The molecule has 0 N–H and O–H groups in total. The van der Waals surface area contributed by atoms with Gasteiger partial charge in [0.05, 0.1) is 12.2 Å². The van der Waals surface area contributed by atoms with E-state index in [4.69, 9.17) is 4.52 Å². The van der Waals surface area contributed by atoms with Crippen molar-refractivity contribution in [2.45, 2.75) is 30.5 Å². The summed E-state index contributed by atoms with van der Waals surface area (Å²) in [4.78, 5) is 21.5. The van der Waals surface area contributed by atoms with Crippen molar-refractivity contribution >= 4 is 29.0 Å². The molecule has 4 rings (SSSR count). The van der Waals surface area contributed by atoms with Crippen molar-refractivity contribution in [3.8, 4) is 0 Å². The molecular formula is C21H24N4O2S2. The number of carbonyl (C=O) groups is 1. The van der Waals surface area contributed by atoms with Gasteiger partial charge in [-0.2, -0.15) is 0 Å². The number of hydrogen-bond donors (Lipinski definition) is 0. The average Bonchev–Trinajstić information content (AvgIpc) is 3.34. The van der Waals surface area contributed by atoms with Crippen LogP contribution in [-0.4, -0.2) is 52.0 Å². The van der Waals surface area contributed by atoms with Gasteiger partial charge in [-0.25, -0.2) is 4.98 Å². The summed E-state index contributed by atoms with van der Waals surface area (Å²) in [6.45, 7) is 7.82. The summed E-state index contributed by atoms with van der Waals surface area (Å²) < 4.78 is 6.38. The number of nitrogens with zero attached hydrogens (tertiary/aromatic N) is 4. The number of thioether (sulfide) groups is 1. The standard InChI is InChI=1S/C21H24N4O2S2/c1-15-11-19(27-23-15)12-24-7-9-25(10-8-24)20(26)18-5-3-17(4-6-18)14-29-21-22-16(2)13-28-21/h3-6,11,13H,7-10,12,14H2,1-2H3. The summed E-state index contributed by atoms with van der Waals surface area (Å²) in [6, 6.07) is 9.93. The van der Waals surface area contributed by atoms with Crippen LogP contribution < -0.4 is 0 Å². The first-order chi connectivity index (χ1) is 14.1. The van der Waals surface area contributed by atoms with Gasteiger partial charge in [0.2, 0.25) is 0 Å². The quantitative estimate of drug-likeness (QED) is 0.553. The van der Waals surface area contributed by atoms with Crippen molar-refractivity contribution in [1.82, 2.24) is 19.9 Å². The molecule has 152 valence electrons. The summed E-state index contributed by atoms with van der Waals surface area (Å²) in [5, 5.41) is 6.00. The van der Waals surface area contributed by atoms with Crippen LogP contribution in [0.3, 0.4) is 0 Å². The van der Waals surface area contributed by atoms with E-state index in [-0.39, 0.29) is 5.91 Å². The molecule has 1 aliphatic rings. The number of aryl methyl sites for hydroxylation is 2. The highest BCUT2D eigenvalue weighted by atomic mass is 32.2. The molecule has 0 spiro atoms. The van der Waals surface area contributed by atoms with E-state index in [9.17, 15) is 4.79 Å². The van der Waals surface area contributed by atoms with E-state index in [1.807, 2.05) is 49.1 Å². The second-order valence-corrected chi connectivity index (χ2v) is 9.32. The van der Waals surface area contributed by atoms with Gasteiger partial charge in [0.15, 0.2) is 5.76 Å². The third-order valence-electron chi connectivity index (χ3n) is 4.88. The first-order valence-corrected chi connectivity index (χ1v) is 11.5. The highest BCUT2D eigenvalue weighted by molar-refractivity contribution is 8.00. The molecule has 0 saturated carbocycles. The third kappa shape index (κ3) is 5.26. The number of benzene rings is 1. The largest absolute Gasteiger partial charge is 0.360 e. The maximum atomic E-state index is 12.8. The molecule has 0 radical (unpaired) electrons. The number of piperazine rings is 1. The fourth-order valence-electron chi connectivity index (χ4n) is 3.29. The van der Waals surface area contributed by atoms with E-state index >= 15 is 0 Å². The Balaban J connectivity index is 1.27. The molecular weight excluding hydrogens is 404 g/mol. The van der Waals surface area contributed by atoms with Crippen molar-refractivity contribution in [3.63, 3.8) is 0 Å². The minimum absolute atomic E-state index is 0.106. The zero-order valence-corrected chi connectivity index (χ0v) is 18.3. The second kappa shape index (κ2) is 9.11. The summed E-state index contributed by atoms with van der Waals surface area (Å²) in [5.74, 6) is 1.85. The Kier molecular flexibility index (Phi) is 6.32. The molecule has 3 heterocycles. The van der Waals surface area contributed by atoms with Gasteiger partial charge >= 0.3 is 0 Å². The molecule has 1 fully saturated rings. The van der Waals surface area contributed by atoms with E-state index in [2.05, 4.69) is 20.4 Å². The normalized spacial score (nSPS) is 15.0. The maximum Gasteiger partial charge on any atom is 0.253 e. The Hall–Kier alpha value is -2.16. The van der Waals surface area contributed by atoms with Crippen molar-refractivity contribution in [3.05, 3.63) is 64.0 Å². The molecule has 3 aromatic rings. The van der Waals surface area contributed by atoms with E-state index < -0.39 is 0 Å². The minimum atomic E-state index is 0.106. The van der Waals surface area contributed by atoms with Crippen LogP contribution in [0.4, 0.5) is 0 Å². The van der Waals surface area contributed by atoms with E-state index in [0.717, 1.165) is 65.5 Å². The molecule has 0 bridgehead atoms. The van der Waals surface area contributed by atoms with Crippen LogP contribution in [0.5, 0.6) is 0 Å². The molecule has 0 atom stereocenters. The van der Waals surface area contributed by atoms with Crippen molar-refractivity contribution < 1.29 is 9.32 Å². The van der Waals surface area contributed by atoms with Crippen LogP contribution in [0.15, 0.2) is 44.6 Å². The number of amides is 1. The molecule has 8 heteroatoms. The molecule has 6 nitrogen and oxygen atoms in total. The van der Waals surface area contributed by atoms with Gasteiger partial charge in [-0.1, -0.05) is 29.1 Å². The number of thiazole rings is 1. The SMILES string of the molecule is Cc1cc(CN2CCN(C(=O)c3ccc(CSc4nc(C)cs4)cc3)CC2)on1. The Morgan fingerprint density at radius 3 is 2.52 bits per heavy atom. The van der Waals surface area contributed by atoms with Crippen LogP contribution >= 0.6 is 23.1 Å². The third-order valence-corrected chi connectivity index (χ3v) is 7.09. The van der Waals surface area contributed by atoms with Crippen LogP contribution in [0.1, 0.15) is 33.1 Å². The van der Waals surface area contributed by atoms with E-state index in [1.54, 1.807) is 23.1 Å². The topological polar surface area (TPSA) is 62.5 Å². The minimum Gasteiger partial charge on any atom is -0.360 e. The highest BCUT2D eigenvalue weighted by Crippen LogP contribution is 2.26. The van der Waals surface area contributed by atoms with Gasteiger partial charge in [0, 0.05) is 54.6 Å². The lowest BCUT2D eigenvalue weighted by molar-refractivity contribution is 0.0617. The Morgan fingerprint density at radius 1 is 1.14 bits per heavy atom.